The molecule has 0 fully saturated rings. The van der Waals surface area contributed by atoms with Crippen molar-refractivity contribution in [3.63, 3.8) is 0 Å². The number of aromatic nitrogens is 1. The molecule has 1 heterocycles. The van der Waals surface area contributed by atoms with Gasteiger partial charge in [-0.3, -0.25) is 9.78 Å². The summed E-state index contributed by atoms with van der Waals surface area (Å²) in [6.07, 6.45) is 2.20. The number of esters is 1. The van der Waals surface area contributed by atoms with E-state index in [1.165, 1.54) is 0 Å². The van der Waals surface area contributed by atoms with Gasteiger partial charge < -0.3 is 29.7 Å². The van der Waals surface area contributed by atoms with Crippen LogP contribution in [0.1, 0.15) is 57.1 Å². The van der Waals surface area contributed by atoms with E-state index in [-0.39, 0.29) is 36.5 Å². The number of benzene rings is 1. The molecule has 0 saturated carbocycles. The molecule has 1 aromatic carbocycles. The van der Waals surface area contributed by atoms with E-state index >= 15 is 0 Å². The molecule has 2 N–H and O–H groups in total. The van der Waals surface area contributed by atoms with E-state index < -0.39 is 5.97 Å². The van der Waals surface area contributed by atoms with Gasteiger partial charge in [-0.1, -0.05) is 6.07 Å². The average Bonchev–Trinajstić information content (AvgIpc) is 2.79. The largest absolute Gasteiger partial charge is 0.487 e. The smallest absolute Gasteiger partial charge is 0.343 e. The number of carbonyl (C=O) groups excluding carboxylic acids is 2. The Balaban J connectivity index is 2.01. The van der Waals surface area contributed by atoms with Gasteiger partial charge in [0.1, 0.15) is 0 Å². The first-order valence-corrected chi connectivity index (χ1v) is 12.3. The summed E-state index contributed by atoms with van der Waals surface area (Å²) in [5.41, 5.74) is 0.946. The minimum atomic E-state index is -0.556. The van der Waals surface area contributed by atoms with E-state index in [0.717, 1.165) is 13.0 Å². The van der Waals surface area contributed by atoms with Crippen LogP contribution in [0, 0.1) is 0 Å². The summed E-state index contributed by atoms with van der Waals surface area (Å²) in [5.74, 6) is 0.453. The Hall–Kier alpha value is -3.17. The van der Waals surface area contributed by atoms with E-state index in [1.807, 2.05) is 48.7 Å². The Morgan fingerprint density at radius 2 is 1.64 bits per heavy atom. The number of pyridine rings is 1. The van der Waals surface area contributed by atoms with Crippen molar-refractivity contribution < 1.29 is 23.8 Å². The number of nitrogens with one attached hydrogen (secondary N) is 2. The molecule has 1 amide bonds. The van der Waals surface area contributed by atoms with E-state index in [0.29, 0.717) is 29.3 Å². The van der Waals surface area contributed by atoms with Gasteiger partial charge in [-0.25, -0.2) is 4.79 Å². The van der Waals surface area contributed by atoms with Crippen molar-refractivity contribution in [3.05, 3.63) is 47.8 Å². The van der Waals surface area contributed by atoms with Crippen LogP contribution < -0.4 is 24.8 Å². The van der Waals surface area contributed by atoms with Gasteiger partial charge in [0.15, 0.2) is 11.5 Å². The highest BCUT2D eigenvalue weighted by atomic mass is 16.6. The Kier molecular flexibility index (Phi) is 11.6. The second-order valence-electron chi connectivity index (χ2n) is 9.51. The monoisotopic (exact) mass is 500 g/mol. The molecule has 0 spiro atoms. The summed E-state index contributed by atoms with van der Waals surface area (Å²) in [6.45, 7) is 11.0. The van der Waals surface area contributed by atoms with Crippen molar-refractivity contribution in [1.29, 1.82) is 0 Å². The molecule has 0 aliphatic rings. The fraction of sp³-hybridized carbons (Fsp3) is 0.519. The molecule has 0 saturated heterocycles. The molecule has 2 rings (SSSR count). The van der Waals surface area contributed by atoms with Crippen LogP contribution in [0.4, 0.5) is 0 Å². The molecule has 1 atom stereocenters. The Morgan fingerprint density at radius 1 is 1.00 bits per heavy atom. The maximum atomic E-state index is 13.0. The number of hydrogen-bond acceptors (Lipinski definition) is 8. The van der Waals surface area contributed by atoms with Gasteiger partial charge in [-0.15, -0.1) is 0 Å². The first kappa shape index (κ1) is 29.1. The molecular weight excluding hydrogens is 460 g/mol. The lowest BCUT2D eigenvalue weighted by atomic mass is 10.2. The summed E-state index contributed by atoms with van der Waals surface area (Å²) in [6, 6.07) is 8.59. The van der Waals surface area contributed by atoms with Gasteiger partial charge in [0.2, 0.25) is 11.7 Å². The van der Waals surface area contributed by atoms with Crippen molar-refractivity contribution in [2.75, 3.05) is 27.2 Å². The lowest BCUT2D eigenvalue weighted by molar-refractivity contribution is -0.120. The normalized spacial score (nSPS) is 12.1. The molecule has 2 aromatic rings. The fourth-order valence-electron chi connectivity index (χ4n) is 3.30. The van der Waals surface area contributed by atoms with Gasteiger partial charge in [-0.2, -0.15) is 0 Å². The van der Waals surface area contributed by atoms with E-state index in [1.54, 1.807) is 36.5 Å². The highest BCUT2D eigenvalue weighted by Crippen LogP contribution is 2.39. The van der Waals surface area contributed by atoms with Gasteiger partial charge in [-0.05, 0) is 85.9 Å². The molecule has 1 unspecified atom stereocenters. The van der Waals surface area contributed by atoms with Crippen LogP contribution in [-0.4, -0.2) is 67.2 Å². The highest BCUT2D eigenvalue weighted by molar-refractivity contribution is 5.91. The number of rotatable bonds is 14. The number of hydrogen-bond donors (Lipinski definition) is 2. The summed E-state index contributed by atoms with van der Waals surface area (Å²) >= 11 is 0. The zero-order chi connectivity index (χ0) is 26.7. The van der Waals surface area contributed by atoms with Crippen LogP contribution in [0.5, 0.6) is 17.2 Å². The molecule has 0 aliphatic heterocycles. The lowest BCUT2D eigenvalue weighted by Crippen LogP contribution is -2.40. The fourth-order valence-corrected chi connectivity index (χ4v) is 3.30. The summed E-state index contributed by atoms with van der Waals surface area (Å²) in [7, 11) is 4.01. The number of nitrogens with zero attached hydrogens (tertiary/aromatic N) is 2. The van der Waals surface area contributed by atoms with Gasteiger partial charge in [0.05, 0.1) is 30.0 Å². The van der Waals surface area contributed by atoms with Crippen molar-refractivity contribution in [2.24, 2.45) is 0 Å². The quantitative estimate of drug-likeness (QED) is 0.301. The van der Waals surface area contributed by atoms with Crippen LogP contribution in [0.25, 0.3) is 0 Å². The van der Waals surface area contributed by atoms with E-state index in [9.17, 15) is 9.59 Å². The topological polar surface area (TPSA) is 102 Å². The second-order valence-corrected chi connectivity index (χ2v) is 9.51. The third kappa shape index (κ3) is 10.2. The number of amides is 1. The van der Waals surface area contributed by atoms with Crippen molar-refractivity contribution in [3.8, 4) is 17.2 Å². The minimum absolute atomic E-state index is 0.0868. The highest BCUT2D eigenvalue weighted by Gasteiger charge is 2.20. The van der Waals surface area contributed by atoms with Crippen LogP contribution >= 0.6 is 0 Å². The molecule has 1 aromatic heterocycles. The van der Waals surface area contributed by atoms with Gasteiger partial charge >= 0.3 is 5.97 Å². The van der Waals surface area contributed by atoms with E-state index in [4.69, 9.17) is 14.2 Å². The van der Waals surface area contributed by atoms with Crippen LogP contribution in [0.2, 0.25) is 0 Å². The first-order chi connectivity index (χ1) is 17.0. The Labute approximate surface area is 214 Å². The molecule has 9 nitrogen and oxygen atoms in total. The Bertz CT molecular complexity index is 966. The summed E-state index contributed by atoms with van der Waals surface area (Å²) < 4.78 is 17.4. The zero-order valence-corrected chi connectivity index (χ0v) is 22.5. The van der Waals surface area contributed by atoms with Crippen LogP contribution in [0.3, 0.4) is 0 Å². The third-order valence-electron chi connectivity index (χ3n) is 4.92. The lowest BCUT2D eigenvalue weighted by Gasteiger charge is -2.19. The maximum absolute atomic E-state index is 13.0. The van der Waals surface area contributed by atoms with Crippen molar-refractivity contribution >= 4 is 11.9 Å². The summed E-state index contributed by atoms with van der Waals surface area (Å²) in [5, 5.41) is 6.04. The second kappa shape index (κ2) is 14.4. The van der Waals surface area contributed by atoms with Crippen molar-refractivity contribution in [2.45, 2.75) is 65.8 Å². The SMILES string of the molecule is CC(CCN(C)C)NC(=O)CNCc1cc(C(=O)Oc2c(OC(C)C)cccc2OC(C)C)ccn1. The van der Waals surface area contributed by atoms with Gasteiger partial charge in [0.25, 0.3) is 0 Å². The average molecular weight is 501 g/mol. The molecule has 36 heavy (non-hydrogen) atoms. The van der Waals surface area contributed by atoms with Crippen LogP contribution in [0.15, 0.2) is 36.5 Å². The number of carbonyl (C=O) groups is 2. The third-order valence-corrected chi connectivity index (χ3v) is 4.92. The molecule has 9 heteroatoms. The standard InChI is InChI=1S/C27H40N4O5/c1-18(2)34-23-9-8-10-24(35-19(3)4)26(23)36-27(33)21-11-13-29-22(15-21)16-28-17-25(32)30-20(5)12-14-31(6)7/h8-11,13,15,18-20,28H,12,14,16-17H2,1-7H3,(H,30,32). The minimum Gasteiger partial charge on any atom is -0.487 e. The van der Waals surface area contributed by atoms with Crippen LogP contribution in [-0.2, 0) is 11.3 Å². The molecule has 0 radical (unpaired) electrons. The first-order valence-electron chi connectivity index (χ1n) is 12.3. The van der Waals surface area contributed by atoms with Gasteiger partial charge in [0, 0.05) is 18.8 Å². The Morgan fingerprint density at radius 3 is 2.22 bits per heavy atom. The molecular formula is C27H40N4O5. The number of ether oxygens (including phenoxy) is 3. The van der Waals surface area contributed by atoms with E-state index in [2.05, 4.69) is 20.5 Å². The molecule has 0 bridgehead atoms. The van der Waals surface area contributed by atoms with Crippen molar-refractivity contribution in [1.82, 2.24) is 20.5 Å². The number of para-hydroxylation sites is 1. The predicted molar refractivity (Wildman–Crippen MR) is 140 cm³/mol. The zero-order valence-electron chi connectivity index (χ0n) is 22.5. The summed E-state index contributed by atoms with van der Waals surface area (Å²) in [4.78, 5) is 31.6. The molecule has 198 valence electrons. The predicted octanol–water partition coefficient (Wildman–Crippen LogP) is 3.42. The molecule has 0 aliphatic carbocycles. The maximum Gasteiger partial charge on any atom is 0.343 e.